The Bertz CT molecular complexity index is 666. The molecule has 0 aromatic heterocycles. The van der Waals surface area contributed by atoms with Gasteiger partial charge in [0.1, 0.15) is 5.60 Å². The second kappa shape index (κ2) is 8.28. The average molecular weight is 339 g/mol. The van der Waals surface area contributed by atoms with Gasteiger partial charge in [-0.25, -0.2) is 0 Å². The molecule has 1 fully saturated rings. The van der Waals surface area contributed by atoms with Crippen LogP contribution in [0.25, 0.3) is 0 Å². The van der Waals surface area contributed by atoms with E-state index in [9.17, 15) is 9.90 Å². The number of nitrogens with one attached hydrogen (secondary N) is 1. The highest BCUT2D eigenvalue weighted by atomic mass is 16.5. The number of carbonyl (C=O) groups is 1. The van der Waals surface area contributed by atoms with Crippen molar-refractivity contribution in [2.75, 3.05) is 19.8 Å². The molecule has 1 aliphatic heterocycles. The van der Waals surface area contributed by atoms with Crippen molar-refractivity contribution < 1.29 is 14.6 Å². The maximum absolute atomic E-state index is 12.5. The molecule has 1 heterocycles. The molecule has 0 bridgehead atoms. The highest BCUT2D eigenvalue weighted by Crippen LogP contribution is 2.23. The average Bonchev–Trinajstić information content (AvgIpc) is 2.67. The molecule has 2 aromatic rings. The van der Waals surface area contributed by atoms with Crippen LogP contribution in [0.15, 0.2) is 60.7 Å². The van der Waals surface area contributed by atoms with Crippen LogP contribution in [0.4, 0.5) is 0 Å². The van der Waals surface area contributed by atoms with Crippen LogP contribution in [0.5, 0.6) is 0 Å². The number of ether oxygens (including phenoxy) is 1. The minimum absolute atomic E-state index is 0.163. The molecular weight excluding hydrogens is 314 g/mol. The number of rotatable bonds is 6. The van der Waals surface area contributed by atoms with Gasteiger partial charge in [-0.3, -0.25) is 4.79 Å². The van der Waals surface area contributed by atoms with E-state index < -0.39 is 5.60 Å². The summed E-state index contributed by atoms with van der Waals surface area (Å²) in [5.74, 6) is -0.124. The summed E-state index contributed by atoms with van der Waals surface area (Å²) in [7, 11) is 0. The van der Waals surface area contributed by atoms with Crippen molar-refractivity contribution in [3.63, 3.8) is 0 Å². The van der Waals surface area contributed by atoms with E-state index in [0.29, 0.717) is 32.6 Å². The number of benzene rings is 2. The topological polar surface area (TPSA) is 58.6 Å². The van der Waals surface area contributed by atoms with Gasteiger partial charge in [-0.1, -0.05) is 60.7 Å². The lowest BCUT2D eigenvalue weighted by atomic mass is 9.90. The van der Waals surface area contributed by atoms with Gasteiger partial charge in [0.05, 0.1) is 0 Å². The molecule has 4 heteroatoms. The first-order valence-corrected chi connectivity index (χ1v) is 8.85. The van der Waals surface area contributed by atoms with Crippen LogP contribution in [-0.4, -0.2) is 36.4 Å². The summed E-state index contributed by atoms with van der Waals surface area (Å²) >= 11 is 0. The molecule has 0 aliphatic carbocycles. The normalized spacial score (nSPS) is 17.6. The van der Waals surface area contributed by atoms with Crippen molar-refractivity contribution in [1.29, 1.82) is 0 Å². The molecule has 4 nitrogen and oxygen atoms in total. The van der Waals surface area contributed by atoms with Crippen LogP contribution < -0.4 is 5.32 Å². The lowest BCUT2D eigenvalue weighted by Gasteiger charge is -2.31. The molecule has 1 atom stereocenters. The van der Waals surface area contributed by atoms with E-state index in [1.54, 1.807) is 0 Å². The van der Waals surface area contributed by atoms with E-state index >= 15 is 0 Å². The Balaban J connectivity index is 1.68. The lowest BCUT2D eigenvalue weighted by molar-refractivity contribution is -0.149. The smallest absolute Gasteiger partial charge is 0.252 e. The second-order valence-electron chi connectivity index (χ2n) is 6.65. The van der Waals surface area contributed by atoms with Crippen molar-refractivity contribution in [3.05, 3.63) is 71.8 Å². The third kappa shape index (κ3) is 4.68. The largest absolute Gasteiger partial charge is 0.381 e. The third-order valence-electron chi connectivity index (χ3n) is 4.85. The number of aliphatic hydroxyl groups is 1. The van der Waals surface area contributed by atoms with Crippen molar-refractivity contribution >= 4 is 5.91 Å². The van der Waals surface area contributed by atoms with Crippen molar-refractivity contribution in [1.82, 2.24) is 5.32 Å². The molecule has 1 aliphatic rings. The highest BCUT2D eigenvalue weighted by Gasteiger charge is 2.37. The summed E-state index contributed by atoms with van der Waals surface area (Å²) in [5.41, 5.74) is 1.12. The van der Waals surface area contributed by atoms with E-state index in [0.717, 1.165) is 6.42 Å². The van der Waals surface area contributed by atoms with Gasteiger partial charge in [-0.2, -0.15) is 0 Å². The molecule has 0 unspecified atom stereocenters. The SMILES string of the molecule is O=C(NC[C@H](Cc1ccccc1)c1ccccc1)C1(O)CCOCC1. The number of hydrogen-bond acceptors (Lipinski definition) is 3. The van der Waals surface area contributed by atoms with Crippen LogP contribution in [0.1, 0.15) is 29.9 Å². The van der Waals surface area contributed by atoms with E-state index in [2.05, 4.69) is 29.6 Å². The summed E-state index contributed by atoms with van der Waals surface area (Å²) in [6.07, 6.45) is 1.55. The quantitative estimate of drug-likeness (QED) is 0.851. The molecule has 1 saturated heterocycles. The molecule has 2 aromatic carbocycles. The first-order valence-electron chi connectivity index (χ1n) is 8.85. The van der Waals surface area contributed by atoms with E-state index in [1.165, 1.54) is 11.1 Å². The summed E-state index contributed by atoms with van der Waals surface area (Å²) < 4.78 is 5.25. The molecule has 25 heavy (non-hydrogen) atoms. The molecule has 0 spiro atoms. The Morgan fingerprint density at radius 3 is 2.28 bits per heavy atom. The van der Waals surface area contributed by atoms with Crippen LogP contribution in [-0.2, 0) is 16.0 Å². The van der Waals surface area contributed by atoms with Crippen molar-refractivity contribution in [3.8, 4) is 0 Å². The van der Waals surface area contributed by atoms with Crippen LogP contribution >= 0.6 is 0 Å². The van der Waals surface area contributed by atoms with Crippen LogP contribution in [0.2, 0.25) is 0 Å². The Labute approximate surface area is 148 Å². The molecule has 1 amide bonds. The summed E-state index contributed by atoms with van der Waals surface area (Å²) in [5, 5.41) is 13.5. The first-order chi connectivity index (χ1) is 12.2. The molecule has 132 valence electrons. The Kier molecular flexibility index (Phi) is 5.84. The summed E-state index contributed by atoms with van der Waals surface area (Å²) in [4.78, 5) is 12.5. The summed E-state index contributed by atoms with van der Waals surface area (Å²) in [6.45, 7) is 1.35. The number of amides is 1. The van der Waals surface area contributed by atoms with Crippen molar-refractivity contribution in [2.24, 2.45) is 0 Å². The van der Waals surface area contributed by atoms with Gasteiger partial charge in [0.15, 0.2) is 0 Å². The highest BCUT2D eigenvalue weighted by molar-refractivity contribution is 5.85. The maximum atomic E-state index is 12.5. The zero-order valence-corrected chi connectivity index (χ0v) is 14.4. The van der Waals surface area contributed by atoms with Gasteiger partial charge in [0, 0.05) is 38.5 Å². The van der Waals surface area contributed by atoms with E-state index in [4.69, 9.17) is 4.74 Å². The molecular formula is C21H25NO3. The second-order valence-corrected chi connectivity index (χ2v) is 6.65. The van der Waals surface area contributed by atoms with Gasteiger partial charge in [0.25, 0.3) is 5.91 Å². The monoisotopic (exact) mass is 339 g/mol. The summed E-state index contributed by atoms with van der Waals surface area (Å²) in [6, 6.07) is 20.5. The minimum atomic E-state index is -1.30. The molecule has 0 saturated carbocycles. The fourth-order valence-corrected chi connectivity index (χ4v) is 3.25. The fraction of sp³-hybridized carbons (Fsp3) is 0.381. The fourth-order valence-electron chi connectivity index (χ4n) is 3.25. The number of hydrogen-bond donors (Lipinski definition) is 2. The predicted octanol–water partition coefficient (Wildman–Crippen LogP) is 2.67. The Morgan fingerprint density at radius 2 is 1.64 bits per heavy atom. The van der Waals surface area contributed by atoms with E-state index in [-0.39, 0.29) is 11.8 Å². The van der Waals surface area contributed by atoms with Crippen LogP contribution in [0.3, 0.4) is 0 Å². The molecule has 0 radical (unpaired) electrons. The Hall–Kier alpha value is -2.17. The minimum Gasteiger partial charge on any atom is -0.381 e. The van der Waals surface area contributed by atoms with Gasteiger partial charge in [-0.15, -0.1) is 0 Å². The zero-order valence-electron chi connectivity index (χ0n) is 14.4. The van der Waals surface area contributed by atoms with Gasteiger partial charge in [-0.05, 0) is 17.5 Å². The van der Waals surface area contributed by atoms with E-state index in [1.807, 2.05) is 36.4 Å². The maximum Gasteiger partial charge on any atom is 0.252 e. The lowest BCUT2D eigenvalue weighted by Crippen LogP contribution is -2.51. The van der Waals surface area contributed by atoms with Crippen molar-refractivity contribution in [2.45, 2.75) is 30.8 Å². The Morgan fingerprint density at radius 1 is 1.04 bits per heavy atom. The molecule has 2 N–H and O–H groups in total. The standard InChI is InChI=1S/C21H25NO3/c23-20(21(24)11-13-25-14-12-21)22-16-19(18-9-5-2-6-10-18)15-17-7-3-1-4-8-17/h1-10,19,24H,11-16H2,(H,22,23)/t19-/m0/s1. The zero-order chi connectivity index (χ0) is 17.5. The number of carbonyl (C=O) groups excluding carboxylic acids is 1. The van der Waals surface area contributed by atoms with Crippen LogP contribution in [0, 0.1) is 0 Å². The first kappa shape index (κ1) is 17.6. The molecule has 3 rings (SSSR count). The van der Waals surface area contributed by atoms with Gasteiger partial charge in [0.2, 0.25) is 0 Å². The van der Waals surface area contributed by atoms with Gasteiger partial charge < -0.3 is 15.2 Å². The third-order valence-corrected chi connectivity index (χ3v) is 4.85. The predicted molar refractivity (Wildman–Crippen MR) is 97.3 cm³/mol. The van der Waals surface area contributed by atoms with Gasteiger partial charge >= 0.3 is 0 Å².